The van der Waals surface area contributed by atoms with Crippen molar-refractivity contribution in [2.45, 2.75) is 51.4 Å². The van der Waals surface area contributed by atoms with E-state index in [9.17, 15) is 14.4 Å². The summed E-state index contributed by atoms with van der Waals surface area (Å²) in [5.74, 6) is -0.825. The molecule has 152 valence electrons. The lowest BCUT2D eigenvalue weighted by Crippen LogP contribution is -2.52. The molecule has 28 heavy (non-hydrogen) atoms. The van der Waals surface area contributed by atoms with Crippen LogP contribution in [0.2, 0.25) is 0 Å². The van der Waals surface area contributed by atoms with Crippen LogP contribution in [0.1, 0.15) is 48.2 Å². The lowest BCUT2D eigenvalue weighted by molar-refractivity contribution is -0.136. The Bertz CT molecular complexity index is 777. The van der Waals surface area contributed by atoms with Gasteiger partial charge in [0.2, 0.25) is 11.8 Å². The second-order valence-corrected chi connectivity index (χ2v) is 7.84. The van der Waals surface area contributed by atoms with Gasteiger partial charge in [0, 0.05) is 38.2 Å². The quantitative estimate of drug-likeness (QED) is 0.436. The van der Waals surface area contributed by atoms with Crippen LogP contribution in [0, 0.1) is 0 Å². The number of amides is 3. The summed E-state index contributed by atoms with van der Waals surface area (Å²) < 4.78 is 5.71. The second kappa shape index (κ2) is 8.38. The normalized spacial score (nSPS) is 19.8. The number of fused-ring (bicyclic) bond motifs is 1. The van der Waals surface area contributed by atoms with Gasteiger partial charge < -0.3 is 20.7 Å². The van der Waals surface area contributed by atoms with Crippen molar-refractivity contribution in [1.82, 2.24) is 15.5 Å². The first-order valence-corrected chi connectivity index (χ1v) is 9.62. The summed E-state index contributed by atoms with van der Waals surface area (Å²) in [5.41, 5.74) is 7.76. The number of nitrogens with one attached hydrogen (secondary N) is 2. The molecule has 0 bridgehead atoms. The van der Waals surface area contributed by atoms with Gasteiger partial charge in [-0.2, -0.15) is 0 Å². The van der Waals surface area contributed by atoms with Gasteiger partial charge in [0.25, 0.3) is 5.91 Å². The highest BCUT2D eigenvalue weighted by atomic mass is 16.5. The maximum absolute atomic E-state index is 13.0. The number of piperidine rings is 1. The maximum atomic E-state index is 13.0. The molecule has 2 aliphatic heterocycles. The minimum absolute atomic E-state index is 0.151. The van der Waals surface area contributed by atoms with Crippen molar-refractivity contribution >= 4 is 17.7 Å². The van der Waals surface area contributed by atoms with Gasteiger partial charge in [0.15, 0.2) is 0 Å². The van der Waals surface area contributed by atoms with E-state index >= 15 is 0 Å². The number of benzene rings is 1. The number of ether oxygens (including phenoxy) is 1. The summed E-state index contributed by atoms with van der Waals surface area (Å²) in [7, 11) is 0. The van der Waals surface area contributed by atoms with Crippen molar-refractivity contribution in [3.8, 4) is 0 Å². The maximum Gasteiger partial charge on any atom is 0.255 e. The first kappa shape index (κ1) is 20.4. The van der Waals surface area contributed by atoms with Crippen LogP contribution in [-0.2, 0) is 27.4 Å². The molecule has 1 atom stereocenters. The molecule has 1 fully saturated rings. The fourth-order valence-electron chi connectivity index (χ4n) is 3.52. The van der Waals surface area contributed by atoms with Gasteiger partial charge >= 0.3 is 0 Å². The Balaban J connectivity index is 1.61. The number of hydrogen-bond acceptors (Lipinski definition) is 6. The standard InChI is InChI=1S/C20H28N4O4/c1-20(2,12-21)28-9-8-22-10-13-4-3-5-14-11-24(19(27)17(13)14)15-6-7-16(25)23-18(15)26/h3-5,15,22H,6-12,21H2,1-2H3,(H,23,25,26). The van der Waals surface area contributed by atoms with Gasteiger partial charge in [-0.3, -0.25) is 19.7 Å². The lowest BCUT2D eigenvalue weighted by Gasteiger charge is -2.29. The first-order chi connectivity index (χ1) is 13.3. The summed E-state index contributed by atoms with van der Waals surface area (Å²) in [6.45, 7) is 6.42. The molecule has 0 aliphatic carbocycles. The Morgan fingerprint density at radius 2 is 2.11 bits per heavy atom. The third-order valence-corrected chi connectivity index (χ3v) is 5.22. The number of nitrogens with zero attached hydrogens (tertiary/aromatic N) is 1. The van der Waals surface area contributed by atoms with E-state index in [0.717, 1.165) is 11.1 Å². The molecule has 8 nitrogen and oxygen atoms in total. The highest BCUT2D eigenvalue weighted by Gasteiger charge is 2.39. The van der Waals surface area contributed by atoms with E-state index in [2.05, 4.69) is 10.6 Å². The fourth-order valence-corrected chi connectivity index (χ4v) is 3.52. The zero-order valence-electron chi connectivity index (χ0n) is 16.4. The van der Waals surface area contributed by atoms with Gasteiger partial charge in [0.1, 0.15) is 6.04 Å². The van der Waals surface area contributed by atoms with E-state index in [0.29, 0.717) is 44.8 Å². The van der Waals surface area contributed by atoms with Crippen LogP contribution in [-0.4, -0.2) is 54.0 Å². The molecule has 0 spiro atoms. The molecule has 0 aromatic heterocycles. The van der Waals surface area contributed by atoms with Crippen LogP contribution < -0.4 is 16.4 Å². The Kier molecular flexibility index (Phi) is 6.12. The van der Waals surface area contributed by atoms with Crippen LogP contribution in [0.15, 0.2) is 18.2 Å². The molecule has 1 saturated heterocycles. The van der Waals surface area contributed by atoms with Gasteiger partial charge in [-0.25, -0.2) is 0 Å². The van der Waals surface area contributed by atoms with Crippen molar-refractivity contribution in [2.24, 2.45) is 5.73 Å². The molecule has 2 heterocycles. The van der Waals surface area contributed by atoms with Crippen LogP contribution in [0.5, 0.6) is 0 Å². The van der Waals surface area contributed by atoms with Crippen molar-refractivity contribution in [3.63, 3.8) is 0 Å². The van der Waals surface area contributed by atoms with E-state index in [1.807, 2.05) is 32.0 Å². The molecule has 1 aromatic carbocycles. The highest BCUT2D eigenvalue weighted by Crippen LogP contribution is 2.29. The molecule has 8 heteroatoms. The molecule has 2 aliphatic rings. The summed E-state index contributed by atoms with van der Waals surface area (Å²) in [5, 5.41) is 5.62. The van der Waals surface area contributed by atoms with Crippen molar-refractivity contribution in [1.29, 1.82) is 0 Å². The SMILES string of the molecule is CC(C)(CN)OCCNCc1cccc2c1C(=O)N(C1CCC(=O)NC1=O)C2. The summed E-state index contributed by atoms with van der Waals surface area (Å²) in [4.78, 5) is 38.1. The molecule has 0 radical (unpaired) electrons. The topological polar surface area (TPSA) is 114 Å². The minimum Gasteiger partial charge on any atom is -0.373 e. The summed E-state index contributed by atoms with van der Waals surface area (Å²) >= 11 is 0. The van der Waals surface area contributed by atoms with Crippen molar-refractivity contribution < 1.29 is 19.1 Å². The van der Waals surface area contributed by atoms with Crippen molar-refractivity contribution in [3.05, 3.63) is 34.9 Å². The largest absolute Gasteiger partial charge is 0.373 e. The predicted octanol–water partition coefficient (Wildman–Crippen LogP) is 0.291. The third-order valence-electron chi connectivity index (χ3n) is 5.22. The molecule has 3 amide bonds. The van der Waals surface area contributed by atoms with Crippen LogP contribution >= 0.6 is 0 Å². The first-order valence-electron chi connectivity index (χ1n) is 9.62. The molecular weight excluding hydrogens is 360 g/mol. The van der Waals surface area contributed by atoms with Crippen LogP contribution in [0.25, 0.3) is 0 Å². The number of hydrogen-bond donors (Lipinski definition) is 3. The van der Waals surface area contributed by atoms with E-state index in [1.54, 1.807) is 4.90 Å². The number of carbonyl (C=O) groups excluding carboxylic acids is 3. The zero-order chi connectivity index (χ0) is 20.3. The van der Waals surface area contributed by atoms with E-state index in [-0.39, 0.29) is 23.8 Å². The summed E-state index contributed by atoms with van der Waals surface area (Å²) in [6.07, 6.45) is 0.621. The van der Waals surface area contributed by atoms with E-state index < -0.39 is 11.9 Å². The van der Waals surface area contributed by atoms with Gasteiger partial charge in [-0.15, -0.1) is 0 Å². The molecule has 3 rings (SSSR count). The Morgan fingerprint density at radius 3 is 2.82 bits per heavy atom. The molecule has 1 aromatic rings. The smallest absolute Gasteiger partial charge is 0.255 e. The second-order valence-electron chi connectivity index (χ2n) is 7.84. The minimum atomic E-state index is -0.592. The Hall–Kier alpha value is -2.29. The van der Waals surface area contributed by atoms with Crippen molar-refractivity contribution in [2.75, 3.05) is 19.7 Å². The molecule has 1 unspecified atom stereocenters. The van der Waals surface area contributed by atoms with E-state index in [4.69, 9.17) is 10.5 Å². The molecular formula is C20H28N4O4. The van der Waals surface area contributed by atoms with E-state index in [1.165, 1.54) is 0 Å². The Labute approximate surface area is 164 Å². The van der Waals surface area contributed by atoms with Gasteiger partial charge in [0.05, 0.1) is 12.2 Å². The molecule has 4 N–H and O–H groups in total. The average molecular weight is 388 g/mol. The lowest BCUT2D eigenvalue weighted by atomic mass is 10.0. The van der Waals surface area contributed by atoms with Gasteiger partial charge in [-0.1, -0.05) is 18.2 Å². The number of nitrogens with two attached hydrogens (primary N) is 1. The molecule has 0 saturated carbocycles. The highest BCUT2D eigenvalue weighted by molar-refractivity contribution is 6.05. The van der Waals surface area contributed by atoms with Crippen LogP contribution in [0.4, 0.5) is 0 Å². The zero-order valence-corrected chi connectivity index (χ0v) is 16.4. The number of carbonyl (C=O) groups is 3. The number of imide groups is 1. The fraction of sp³-hybridized carbons (Fsp3) is 0.550. The monoisotopic (exact) mass is 388 g/mol. The number of rotatable bonds is 8. The third kappa shape index (κ3) is 4.40. The Morgan fingerprint density at radius 1 is 1.32 bits per heavy atom. The average Bonchev–Trinajstić information content (AvgIpc) is 2.99. The predicted molar refractivity (Wildman–Crippen MR) is 103 cm³/mol. The summed E-state index contributed by atoms with van der Waals surface area (Å²) in [6, 6.07) is 5.16. The van der Waals surface area contributed by atoms with Gasteiger partial charge in [-0.05, 0) is 31.4 Å². The van der Waals surface area contributed by atoms with Crippen LogP contribution in [0.3, 0.4) is 0 Å².